The van der Waals surface area contributed by atoms with Crippen LogP contribution in [0.25, 0.3) is 0 Å². The van der Waals surface area contributed by atoms with Crippen LogP contribution in [0.4, 0.5) is 0 Å². The number of aliphatic hydroxyl groups excluding tert-OH is 2. The minimum Gasteiger partial charge on any atom is -0.393 e. The minimum absolute atomic E-state index is 0.0802. The standard InChI is InChI=1S/C10H22O2/c1-7(8(2)11)6-9(12)10(3,4)5/h7-9,11-12H,6H2,1-5H3. The molecule has 0 aliphatic heterocycles. The summed E-state index contributed by atoms with van der Waals surface area (Å²) >= 11 is 0. The van der Waals surface area contributed by atoms with Gasteiger partial charge < -0.3 is 10.2 Å². The Morgan fingerprint density at radius 3 is 1.75 bits per heavy atom. The fourth-order valence-corrected chi connectivity index (χ4v) is 0.903. The van der Waals surface area contributed by atoms with Gasteiger partial charge in [-0.05, 0) is 24.7 Å². The van der Waals surface area contributed by atoms with E-state index in [1.807, 2.05) is 27.7 Å². The third kappa shape index (κ3) is 4.07. The quantitative estimate of drug-likeness (QED) is 0.685. The average molecular weight is 174 g/mol. The Balaban J connectivity index is 3.93. The lowest BCUT2D eigenvalue weighted by Crippen LogP contribution is -2.30. The van der Waals surface area contributed by atoms with Gasteiger partial charge in [-0.1, -0.05) is 27.7 Å². The molecule has 0 aliphatic carbocycles. The molecule has 2 nitrogen and oxygen atoms in total. The first-order valence-corrected chi connectivity index (χ1v) is 4.61. The number of aliphatic hydroxyl groups is 2. The summed E-state index contributed by atoms with van der Waals surface area (Å²) in [5, 5.41) is 18.9. The van der Waals surface area contributed by atoms with E-state index in [0.717, 1.165) is 0 Å². The van der Waals surface area contributed by atoms with Crippen LogP contribution >= 0.6 is 0 Å². The van der Waals surface area contributed by atoms with Crippen LogP contribution in [0.3, 0.4) is 0 Å². The highest BCUT2D eigenvalue weighted by Gasteiger charge is 2.25. The van der Waals surface area contributed by atoms with E-state index in [1.54, 1.807) is 6.92 Å². The maximum Gasteiger partial charge on any atom is 0.0592 e. The molecule has 0 aromatic carbocycles. The van der Waals surface area contributed by atoms with Crippen LogP contribution in [0.1, 0.15) is 41.0 Å². The molecule has 3 unspecified atom stereocenters. The van der Waals surface area contributed by atoms with Gasteiger partial charge in [-0.15, -0.1) is 0 Å². The molecule has 0 rings (SSSR count). The maximum absolute atomic E-state index is 9.69. The topological polar surface area (TPSA) is 40.5 Å². The van der Waals surface area contributed by atoms with Crippen LogP contribution < -0.4 is 0 Å². The fourth-order valence-electron chi connectivity index (χ4n) is 0.903. The summed E-state index contributed by atoms with van der Waals surface area (Å²) in [5.74, 6) is 0.166. The molecular formula is C10H22O2. The van der Waals surface area contributed by atoms with Gasteiger partial charge in [0.1, 0.15) is 0 Å². The van der Waals surface area contributed by atoms with Gasteiger partial charge >= 0.3 is 0 Å². The smallest absolute Gasteiger partial charge is 0.0592 e. The zero-order chi connectivity index (χ0) is 9.94. The third-order valence-electron chi connectivity index (χ3n) is 2.42. The van der Waals surface area contributed by atoms with E-state index >= 15 is 0 Å². The Labute approximate surface area is 75.6 Å². The summed E-state index contributed by atoms with van der Waals surface area (Å²) in [6, 6.07) is 0. The van der Waals surface area contributed by atoms with Gasteiger partial charge in [0.05, 0.1) is 12.2 Å². The van der Waals surface area contributed by atoms with Crippen LogP contribution in [0.5, 0.6) is 0 Å². The molecule has 2 heteroatoms. The summed E-state index contributed by atoms with van der Waals surface area (Å²) in [7, 11) is 0. The van der Waals surface area contributed by atoms with E-state index < -0.39 is 0 Å². The van der Waals surface area contributed by atoms with Crippen molar-refractivity contribution >= 4 is 0 Å². The van der Waals surface area contributed by atoms with Crippen molar-refractivity contribution in [1.29, 1.82) is 0 Å². The van der Waals surface area contributed by atoms with Crippen LogP contribution in [0.15, 0.2) is 0 Å². The SMILES string of the molecule is CC(O)C(C)CC(O)C(C)(C)C. The molecule has 0 aliphatic rings. The highest BCUT2D eigenvalue weighted by atomic mass is 16.3. The van der Waals surface area contributed by atoms with Gasteiger partial charge in [0, 0.05) is 0 Å². The monoisotopic (exact) mass is 174 g/mol. The molecule has 12 heavy (non-hydrogen) atoms. The van der Waals surface area contributed by atoms with E-state index in [-0.39, 0.29) is 23.5 Å². The van der Waals surface area contributed by atoms with Crippen LogP contribution in [0.2, 0.25) is 0 Å². The molecule has 0 saturated carbocycles. The van der Waals surface area contributed by atoms with Gasteiger partial charge in [-0.3, -0.25) is 0 Å². The second kappa shape index (κ2) is 4.24. The molecule has 0 heterocycles. The number of rotatable bonds is 3. The highest BCUT2D eigenvalue weighted by molar-refractivity contribution is 4.75. The maximum atomic E-state index is 9.69. The first-order valence-electron chi connectivity index (χ1n) is 4.61. The summed E-state index contributed by atoms with van der Waals surface area (Å²) in [6.07, 6.45) is 0.00495. The molecule has 0 bridgehead atoms. The Morgan fingerprint density at radius 2 is 1.50 bits per heavy atom. The van der Waals surface area contributed by atoms with E-state index in [9.17, 15) is 10.2 Å². The van der Waals surface area contributed by atoms with Gasteiger partial charge in [-0.25, -0.2) is 0 Å². The Bertz CT molecular complexity index is 124. The molecule has 0 amide bonds. The highest BCUT2D eigenvalue weighted by Crippen LogP contribution is 2.25. The van der Waals surface area contributed by atoms with E-state index in [4.69, 9.17) is 0 Å². The largest absolute Gasteiger partial charge is 0.393 e. The summed E-state index contributed by atoms with van der Waals surface area (Å²) in [5.41, 5.74) is -0.0802. The first-order chi connectivity index (χ1) is 5.25. The molecule has 74 valence electrons. The molecule has 3 atom stereocenters. The van der Waals surface area contributed by atoms with Gasteiger partial charge in [0.2, 0.25) is 0 Å². The fraction of sp³-hybridized carbons (Fsp3) is 1.00. The normalized spacial score (nSPS) is 20.2. The van der Waals surface area contributed by atoms with E-state index in [0.29, 0.717) is 6.42 Å². The summed E-state index contributed by atoms with van der Waals surface area (Å²) in [4.78, 5) is 0. The van der Waals surface area contributed by atoms with Crippen molar-refractivity contribution in [2.45, 2.75) is 53.2 Å². The third-order valence-corrected chi connectivity index (χ3v) is 2.42. The minimum atomic E-state index is -0.331. The zero-order valence-corrected chi connectivity index (χ0v) is 8.83. The predicted octanol–water partition coefficient (Wildman–Crippen LogP) is 1.80. The first kappa shape index (κ1) is 11.9. The van der Waals surface area contributed by atoms with Crippen molar-refractivity contribution < 1.29 is 10.2 Å². The second-order valence-electron chi connectivity index (χ2n) is 4.84. The molecule has 0 spiro atoms. The molecule has 0 fully saturated rings. The molecule has 0 saturated heterocycles. The molecule has 0 aromatic rings. The second-order valence-corrected chi connectivity index (χ2v) is 4.84. The lowest BCUT2D eigenvalue weighted by atomic mass is 9.83. The van der Waals surface area contributed by atoms with Crippen molar-refractivity contribution in [2.75, 3.05) is 0 Å². The Hall–Kier alpha value is -0.0800. The van der Waals surface area contributed by atoms with Crippen molar-refractivity contribution in [2.24, 2.45) is 11.3 Å². The lowest BCUT2D eigenvalue weighted by Gasteiger charge is -2.29. The van der Waals surface area contributed by atoms with Crippen molar-refractivity contribution in [3.63, 3.8) is 0 Å². The van der Waals surface area contributed by atoms with Gasteiger partial charge in [0.25, 0.3) is 0 Å². The Morgan fingerprint density at radius 1 is 1.08 bits per heavy atom. The average Bonchev–Trinajstić information content (AvgIpc) is 1.85. The summed E-state index contributed by atoms with van der Waals surface area (Å²) in [6.45, 7) is 9.74. The van der Waals surface area contributed by atoms with Crippen molar-refractivity contribution in [1.82, 2.24) is 0 Å². The van der Waals surface area contributed by atoms with Gasteiger partial charge in [-0.2, -0.15) is 0 Å². The van der Waals surface area contributed by atoms with Gasteiger partial charge in [0.15, 0.2) is 0 Å². The van der Waals surface area contributed by atoms with Crippen LogP contribution in [-0.2, 0) is 0 Å². The van der Waals surface area contributed by atoms with Crippen LogP contribution in [-0.4, -0.2) is 22.4 Å². The lowest BCUT2D eigenvalue weighted by molar-refractivity contribution is 0.0192. The van der Waals surface area contributed by atoms with E-state index in [1.165, 1.54) is 0 Å². The predicted molar refractivity (Wildman–Crippen MR) is 50.9 cm³/mol. The molecule has 0 radical (unpaired) electrons. The molecular weight excluding hydrogens is 152 g/mol. The zero-order valence-electron chi connectivity index (χ0n) is 8.83. The van der Waals surface area contributed by atoms with E-state index in [2.05, 4.69) is 0 Å². The molecule has 2 N–H and O–H groups in total. The Kier molecular flexibility index (Phi) is 4.21. The summed E-state index contributed by atoms with van der Waals surface area (Å²) < 4.78 is 0. The number of hydrogen-bond acceptors (Lipinski definition) is 2. The van der Waals surface area contributed by atoms with Crippen molar-refractivity contribution in [3.8, 4) is 0 Å². The molecule has 0 aromatic heterocycles. The van der Waals surface area contributed by atoms with Crippen LogP contribution in [0, 0.1) is 11.3 Å². The number of hydrogen-bond donors (Lipinski definition) is 2. The van der Waals surface area contributed by atoms with Crippen molar-refractivity contribution in [3.05, 3.63) is 0 Å².